The summed E-state index contributed by atoms with van der Waals surface area (Å²) in [6, 6.07) is 17.7. The Morgan fingerprint density at radius 1 is 1.19 bits per heavy atom. The number of nitrogens with zero attached hydrogens (tertiary/aromatic N) is 3. The first kappa shape index (κ1) is 16.3. The van der Waals surface area contributed by atoms with Gasteiger partial charge in [0.1, 0.15) is 0 Å². The van der Waals surface area contributed by atoms with Crippen molar-refractivity contribution in [3.8, 4) is 0 Å². The lowest BCUT2D eigenvalue weighted by atomic mass is 10.1. The summed E-state index contributed by atoms with van der Waals surface area (Å²) in [5, 5.41) is 15.8. The zero-order valence-corrected chi connectivity index (χ0v) is 14.6. The average Bonchev–Trinajstić information content (AvgIpc) is 3.09. The number of nitro groups is 1. The summed E-state index contributed by atoms with van der Waals surface area (Å²) in [6.07, 6.45) is 1.02. The van der Waals surface area contributed by atoms with Crippen molar-refractivity contribution >= 4 is 28.0 Å². The van der Waals surface area contributed by atoms with E-state index in [2.05, 4.69) is 27.3 Å². The molecular formula is C20H20N4O2. The molecule has 4 rings (SSSR count). The largest absolute Gasteiger partial charge is 0.380 e. The van der Waals surface area contributed by atoms with Crippen LogP contribution in [0.25, 0.3) is 10.9 Å². The minimum Gasteiger partial charge on any atom is -0.380 e. The molecule has 0 amide bonds. The van der Waals surface area contributed by atoms with Crippen molar-refractivity contribution < 1.29 is 4.92 Å². The number of para-hydroxylation sites is 2. The fourth-order valence-electron chi connectivity index (χ4n) is 3.62. The Labute approximate surface area is 151 Å². The molecular weight excluding hydrogens is 328 g/mol. The highest BCUT2D eigenvalue weighted by Crippen LogP contribution is 2.34. The van der Waals surface area contributed by atoms with Gasteiger partial charge in [-0.15, -0.1) is 0 Å². The number of aromatic nitrogens is 1. The lowest BCUT2D eigenvalue weighted by Crippen LogP contribution is -2.26. The molecule has 1 aromatic heterocycles. The number of nitro benzene ring substituents is 1. The molecule has 6 nitrogen and oxygen atoms in total. The number of fused-ring (bicyclic) bond motifs is 1. The monoisotopic (exact) mass is 348 g/mol. The number of hydrogen-bond donors (Lipinski definition) is 1. The number of pyridine rings is 1. The molecule has 1 fully saturated rings. The molecule has 0 spiro atoms. The van der Waals surface area contributed by atoms with Gasteiger partial charge in [-0.25, -0.2) is 4.98 Å². The molecule has 0 radical (unpaired) electrons. The Balaban J connectivity index is 1.65. The second-order valence-electron chi connectivity index (χ2n) is 6.66. The maximum atomic E-state index is 11.4. The number of anilines is 2. The fourth-order valence-corrected chi connectivity index (χ4v) is 3.62. The van der Waals surface area contributed by atoms with Crippen LogP contribution in [0.5, 0.6) is 0 Å². The molecule has 132 valence electrons. The van der Waals surface area contributed by atoms with Crippen LogP contribution in [-0.4, -0.2) is 29.0 Å². The molecule has 1 N–H and O–H groups in total. The van der Waals surface area contributed by atoms with Gasteiger partial charge in [0.05, 0.1) is 4.92 Å². The third kappa shape index (κ3) is 3.06. The van der Waals surface area contributed by atoms with Gasteiger partial charge in [0, 0.05) is 47.7 Å². The number of aryl methyl sites for hydroxylation is 1. The Morgan fingerprint density at radius 3 is 2.77 bits per heavy atom. The summed E-state index contributed by atoms with van der Waals surface area (Å²) in [6.45, 7) is 3.65. The first-order chi connectivity index (χ1) is 12.6. The van der Waals surface area contributed by atoms with E-state index in [0.29, 0.717) is 11.6 Å². The minimum absolute atomic E-state index is 0.0607. The van der Waals surface area contributed by atoms with Crippen LogP contribution in [0.15, 0.2) is 54.6 Å². The number of hydrogen-bond acceptors (Lipinski definition) is 5. The van der Waals surface area contributed by atoms with Gasteiger partial charge in [-0.1, -0.05) is 30.3 Å². The van der Waals surface area contributed by atoms with E-state index in [1.54, 1.807) is 6.07 Å². The second kappa shape index (κ2) is 6.63. The molecule has 1 aliphatic rings. The van der Waals surface area contributed by atoms with E-state index in [0.717, 1.165) is 42.0 Å². The highest BCUT2D eigenvalue weighted by molar-refractivity contribution is 5.97. The van der Waals surface area contributed by atoms with Gasteiger partial charge in [0.15, 0.2) is 5.52 Å². The van der Waals surface area contributed by atoms with Crippen LogP contribution >= 0.6 is 0 Å². The number of nitrogens with one attached hydrogen (secondary N) is 1. The van der Waals surface area contributed by atoms with Gasteiger partial charge < -0.3 is 10.2 Å². The van der Waals surface area contributed by atoms with Crippen molar-refractivity contribution in [2.75, 3.05) is 23.3 Å². The van der Waals surface area contributed by atoms with Crippen LogP contribution in [0.3, 0.4) is 0 Å². The summed E-state index contributed by atoms with van der Waals surface area (Å²) < 4.78 is 0. The Bertz CT molecular complexity index is 959. The Hall–Kier alpha value is -3.15. The quantitative estimate of drug-likeness (QED) is 0.567. The minimum atomic E-state index is -0.359. The van der Waals surface area contributed by atoms with Crippen LogP contribution in [0.2, 0.25) is 0 Å². The molecule has 6 heteroatoms. The zero-order valence-electron chi connectivity index (χ0n) is 14.6. The molecule has 2 heterocycles. The van der Waals surface area contributed by atoms with Crippen LogP contribution < -0.4 is 10.2 Å². The van der Waals surface area contributed by atoms with Gasteiger partial charge in [-0.05, 0) is 31.5 Å². The third-order valence-corrected chi connectivity index (χ3v) is 4.79. The maximum absolute atomic E-state index is 11.4. The van der Waals surface area contributed by atoms with Gasteiger partial charge in [0.2, 0.25) is 0 Å². The van der Waals surface area contributed by atoms with E-state index in [-0.39, 0.29) is 10.6 Å². The van der Waals surface area contributed by atoms with E-state index in [1.165, 1.54) is 6.07 Å². The Kier molecular flexibility index (Phi) is 4.16. The Morgan fingerprint density at radius 2 is 2.00 bits per heavy atom. The molecule has 0 saturated carbocycles. The maximum Gasteiger partial charge on any atom is 0.295 e. The lowest BCUT2D eigenvalue weighted by molar-refractivity contribution is -0.383. The predicted octanol–water partition coefficient (Wildman–Crippen LogP) is 4.14. The van der Waals surface area contributed by atoms with Gasteiger partial charge in [-0.2, -0.15) is 0 Å². The molecule has 3 aromatic rings. The van der Waals surface area contributed by atoms with Crippen molar-refractivity contribution in [1.82, 2.24) is 4.98 Å². The zero-order chi connectivity index (χ0) is 18.1. The fraction of sp³-hybridized carbons (Fsp3) is 0.250. The highest BCUT2D eigenvalue weighted by Gasteiger charge is 2.25. The number of benzene rings is 2. The van der Waals surface area contributed by atoms with Crippen LogP contribution in [0.4, 0.5) is 17.1 Å². The highest BCUT2D eigenvalue weighted by atomic mass is 16.6. The summed E-state index contributed by atoms with van der Waals surface area (Å²) >= 11 is 0. The SMILES string of the molecule is Cc1cc(N2CCC(Nc3ccccc3)C2)c2cccc([N+](=O)[O-])c2n1. The molecule has 1 aliphatic heterocycles. The van der Waals surface area contributed by atoms with E-state index in [4.69, 9.17) is 0 Å². The summed E-state index contributed by atoms with van der Waals surface area (Å²) in [5.41, 5.74) is 3.46. The van der Waals surface area contributed by atoms with E-state index in [9.17, 15) is 10.1 Å². The van der Waals surface area contributed by atoms with Crippen LogP contribution in [-0.2, 0) is 0 Å². The van der Waals surface area contributed by atoms with Gasteiger partial charge in [0.25, 0.3) is 5.69 Å². The summed E-state index contributed by atoms with van der Waals surface area (Å²) in [4.78, 5) is 17.7. The topological polar surface area (TPSA) is 71.3 Å². The van der Waals surface area contributed by atoms with Crippen LogP contribution in [0.1, 0.15) is 12.1 Å². The van der Waals surface area contributed by atoms with Crippen molar-refractivity contribution in [3.63, 3.8) is 0 Å². The van der Waals surface area contributed by atoms with Gasteiger partial charge in [-0.3, -0.25) is 10.1 Å². The molecule has 1 saturated heterocycles. The van der Waals surface area contributed by atoms with Gasteiger partial charge >= 0.3 is 0 Å². The molecule has 2 aromatic carbocycles. The smallest absolute Gasteiger partial charge is 0.295 e. The number of non-ortho nitro benzene ring substituents is 1. The van der Waals surface area contributed by atoms with Crippen LogP contribution in [0, 0.1) is 17.0 Å². The molecule has 1 atom stereocenters. The lowest BCUT2D eigenvalue weighted by Gasteiger charge is -2.21. The molecule has 1 unspecified atom stereocenters. The average molecular weight is 348 g/mol. The van der Waals surface area contributed by atoms with E-state index >= 15 is 0 Å². The van der Waals surface area contributed by atoms with E-state index < -0.39 is 0 Å². The molecule has 26 heavy (non-hydrogen) atoms. The predicted molar refractivity (Wildman–Crippen MR) is 104 cm³/mol. The first-order valence-electron chi connectivity index (χ1n) is 8.73. The third-order valence-electron chi connectivity index (χ3n) is 4.79. The number of rotatable bonds is 4. The van der Waals surface area contributed by atoms with Crippen molar-refractivity contribution in [2.24, 2.45) is 0 Å². The van der Waals surface area contributed by atoms with Crippen molar-refractivity contribution in [2.45, 2.75) is 19.4 Å². The normalized spacial score (nSPS) is 16.8. The molecule has 0 bridgehead atoms. The second-order valence-corrected chi connectivity index (χ2v) is 6.66. The molecule has 0 aliphatic carbocycles. The standard InChI is InChI=1S/C20H20N4O2/c1-14-12-19(17-8-5-9-18(24(25)26)20(17)21-14)23-11-10-16(13-23)22-15-6-3-2-4-7-15/h2-9,12,16,22H,10-11,13H2,1H3. The first-order valence-corrected chi connectivity index (χ1v) is 8.73. The van der Waals surface area contributed by atoms with Crippen molar-refractivity contribution in [1.29, 1.82) is 0 Å². The van der Waals surface area contributed by atoms with E-state index in [1.807, 2.05) is 37.3 Å². The van der Waals surface area contributed by atoms with Crippen molar-refractivity contribution in [3.05, 3.63) is 70.4 Å². The summed E-state index contributed by atoms with van der Waals surface area (Å²) in [5.74, 6) is 0. The summed E-state index contributed by atoms with van der Waals surface area (Å²) in [7, 11) is 0.